The number of unbranched alkanes of at least 4 members (excludes halogenated alkanes) is 1. The number of carbonyl (C=O) groups excluding carboxylic acids is 1. The van der Waals surface area contributed by atoms with Crippen molar-refractivity contribution < 1.29 is 14.6 Å². The molecule has 4 rings (SSSR count). The van der Waals surface area contributed by atoms with Gasteiger partial charge >= 0.3 is 5.91 Å². The van der Waals surface area contributed by atoms with E-state index in [9.17, 15) is 9.90 Å². The van der Waals surface area contributed by atoms with Gasteiger partial charge in [-0.25, -0.2) is 0 Å². The van der Waals surface area contributed by atoms with Crippen LogP contribution in [-0.4, -0.2) is 22.2 Å². The molecular formula is C25H25N3O3. The number of aromatic hydroxyl groups is 1. The highest BCUT2D eigenvalue weighted by atomic mass is 16.5. The van der Waals surface area contributed by atoms with Gasteiger partial charge < -0.3 is 14.4 Å². The molecule has 0 aliphatic heterocycles. The second kappa shape index (κ2) is 9.00. The largest absolute Gasteiger partial charge is 0.493 e. The van der Waals surface area contributed by atoms with E-state index in [-0.39, 0.29) is 12.5 Å². The highest BCUT2D eigenvalue weighted by Crippen LogP contribution is 2.39. The van der Waals surface area contributed by atoms with Crippen LogP contribution in [0, 0.1) is 6.92 Å². The highest BCUT2D eigenvalue weighted by Gasteiger charge is 2.17. The lowest BCUT2D eigenvalue weighted by Crippen LogP contribution is -2.07. The Labute approximate surface area is 180 Å². The van der Waals surface area contributed by atoms with Crippen LogP contribution in [-0.2, 0) is 11.3 Å². The molecule has 0 spiro atoms. The van der Waals surface area contributed by atoms with Crippen LogP contribution in [0.5, 0.6) is 11.6 Å². The van der Waals surface area contributed by atoms with Crippen molar-refractivity contribution in [1.29, 1.82) is 0 Å². The van der Waals surface area contributed by atoms with Crippen LogP contribution >= 0.6 is 0 Å². The van der Waals surface area contributed by atoms with Crippen LogP contribution in [0.25, 0.3) is 21.7 Å². The lowest BCUT2D eigenvalue weighted by Gasteiger charge is -2.05. The van der Waals surface area contributed by atoms with Gasteiger partial charge in [0, 0.05) is 11.9 Å². The molecule has 0 bridgehead atoms. The van der Waals surface area contributed by atoms with E-state index in [1.807, 2.05) is 72.2 Å². The average Bonchev–Trinajstić information content (AvgIpc) is 3.04. The molecular weight excluding hydrogens is 390 g/mol. The van der Waals surface area contributed by atoms with Gasteiger partial charge in [-0.05, 0) is 48.4 Å². The molecule has 0 fully saturated rings. The zero-order valence-electron chi connectivity index (χ0n) is 17.7. The number of benzene rings is 3. The number of aromatic nitrogens is 1. The number of azo groups is 1. The first kappa shape index (κ1) is 20.6. The first-order valence-electron chi connectivity index (χ1n) is 10.4. The number of hydrogen-bond donors (Lipinski definition) is 1. The first-order valence-corrected chi connectivity index (χ1v) is 10.4. The van der Waals surface area contributed by atoms with Gasteiger partial charge in [0.2, 0.25) is 5.88 Å². The van der Waals surface area contributed by atoms with Crippen LogP contribution in [0.15, 0.2) is 70.9 Å². The van der Waals surface area contributed by atoms with E-state index in [4.69, 9.17) is 4.74 Å². The summed E-state index contributed by atoms with van der Waals surface area (Å²) in [4.78, 5) is 12.3. The molecule has 0 unspecified atom stereocenters. The zero-order valence-corrected chi connectivity index (χ0v) is 17.7. The number of ether oxygens (including phenoxy) is 1. The van der Waals surface area contributed by atoms with Crippen LogP contribution in [0.1, 0.15) is 25.3 Å². The van der Waals surface area contributed by atoms with Crippen molar-refractivity contribution in [2.45, 2.75) is 33.2 Å². The quantitative estimate of drug-likeness (QED) is 0.360. The Morgan fingerprint density at radius 2 is 1.87 bits per heavy atom. The molecule has 1 heterocycles. The van der Waals surface area contributed by atoms with Crippen LogP contribution in [0.4, 0.5) is 5.69 Å². The minimum absolute atomic E-state index is 0.0287. The van der Waals surface area contributed by atoms with E-state index in [1.54, 1.807) is 0 Å². The van der Waals surface area contributed by atoms with Crippen molar-refractivity contribution in [2.75, 3.05) is 6.61 Å². The van der Waals surface area contributed by atoms with Gasteiger partial charge in [-0.2, -0.15) is 0 Å². The predicted molar refractivity (Wildman–Crippen MR) is 122 cm³/mol. The molecule has 0 saturated heterocycles. The Morgan fingerprint density at radius 1 is 1.06 bits per heavy atom. The summed E-state index contributed by atoms with van der Waals surface area (Å²) in [6, 6.07) is 19.5. The molecule has 0 atom stereocenters. The van der Waals surface area contributed by atoms with Gasteiger partial charge in [0.1, 0.15) is 5.75 Å². The highest BCUT2D eigenvalue weighted by molar-refractivity contribution is 5.95. The van der Waals surface area contributed by atoms with Gasteiger partial charge in [-0.15, -0.1) is 10.2 Å². The summed E-state index contributed by atoms with van der Waals surface area (Å²) in [7, 11) is 0. The summed E-state index contributed by atoms with van der Waals surface area (Å²) in [5.74, 6) is 0.104. The van der Waals surface area contributed by atoms with E-state index in [1.165, 1.54) is 0 Å². The molecule has 6 heteroatoms. The number of aryl methyl sites for hydroxylation is 2. The Balaban J connectivity index is 1.52. The first-order chi connectivity index (χ1) is 15.1. The molecule has 6 nitrogen and oxygen atoms in total. The molecule has 1 amide bonds. The molecule has 1 N–H and O–H groups in total. The summed E-state index contributed by atoms with van der Waals surface area (Å²) >= 11 is 0. The third kappa shape index (κ3) is 4.43. The summed E-state index contributed by atoms with van der Waals surface area (Å²) in [5, 5.41) is 21.5. The molecule has 0 aliphatic rings. The van der Waals surface area contributed by atoms with Crippen molar-refractivity contribution in [3.63, 3.8) is 0 Å². The molecule has 0 radical (unpaired) electrons. The third-order valence-corrected chi connectivity index (χ3v) is 5.25. The molecule has 0 aliphatic carbocycles. The van der Waals surface area contributed by atoms with Crippen molar-refractivity contribution in [3.8, 4) is 11.6 Å². The number of carbonyl (C=O) groups is 1. The maximum atomic E-state index is 12.3. The van der Waals surface area contributed by atoms with Crippen molar-refractivity contribution in [1.82, 2.24) is 4.57 Å². The van der Waals surface area contributed by atoms with Crippen LogP contribution in [0.2, 0.25) is 0 Å². The van der Waals surface area contributed by atoms with Crippen molar-refractivity contribution >= 4 is 33.3 Å². The average molecular weight is 415 g/mol. The molecule has 158 valence electrons. The second-order valence-electron chi connectivity index (χ2n) is 7.59. The lowest BCUT2D eigenvalue weighted by molar-refractivity contribution is -0.120. The topological polar surface area (TPSA) is 76.2 Å². The standard InChI is InChI=1S/C25H25N3O3/c1-3-4-13-28-22-12-9-17(2)14-21(22)24(25(28)30)27-26-23(29)16-31-20-11-10-18-7-5-6-8-19(18)15-20/h5-12,14-15,30H,3-4,13,16H2,1-2H3. The number of fused-ring (bicyclic) bond motifs is 2. The molecule has 4 aromatic rings. The molecule has 31 heavy (non-hydrogen) atoms. The maximum Gasteiger partial charge on any atom is 0.302 e. The van der Waals surface area contributed by atoms with Gasteiger partial charge in [0.15, 0.2) is 12.3 Å². The van der Waals surface area contributed by atoms with Crippen molar-refractivity contribution in [2.24, 2.45) is 10.2 Å². The van der Waals surface area contributed by atoms with E-state index in [0.29, 0.717) is 18.0 Å². The molecule has 0 saturated carbocycles. The third-order valence-electron chi connectivity index (χ3n) is 5.25. The maximum absolute atomic E-state index is 12.3. The Bertz CT molecular complexity index is 1270. The predicted octanol–water partition coefficient (Wildman–Crippen LogP) is 6.30. The minimum atomic E-state index is -0.519. The van der Waals surface area contributed by atoms with Gasteiger partial charge in [-0.1, -0.05) is 55.3 Å². The number of rotatable bonds is 7. The molecule has 1 aromatic heterocycles. The number of amides is 1. The fraction of sp³-hybridized carbons (Fsp3) is 0.240. The number of hydrogen-bond acceptors (Lipinski definition) is 4. The fourth-order valence-corrected chi connectivity index (χ4v) is 3.62. The number of nitrogens with zero attached hydrogens (tertiary/aromatic N) is 3. The van der Waals surface area contributed by atoms with E-state index < -0.39 is 5.91 Å². The monoisotopic (exact) mass is 415 g/mol. The second-order valence-corrected chi connectivity index (χ2v) is 7.59. The normalized spacial score (nSPS) is 11.5. The Kier molecular flexibility index (Phi) is 5.98. The van der Waals surface area contributed by atoms with Gasteiger partial charge in [-0.3, -0.25) is 4.79 Å². The van der Waals surface area contributed by atoms with Gasteiger partial charge in [0.25, 0.3) is 0 Å². The Hall–Kier alpha value is -3.67. The molecule has 3 aromatic carbocycles. The summed E-state index contributed by atoms with van der Waals surface area (Å²) in [6.45, 7) is 4.53. The SMILES string of the molecule is CCCCn1c(O)c(N=NC(=O)COc2ccc3ccccc3c2)c2cc(C)ccc21. The van der Waals surface area contributed by atoms with E-state index in [0.717, 1.165) is 40.1 Å². The Morgan fingerprint density at radius 3 is 2.68 bits per heavy atom. The zero-order chi connectivity index (χ0) is 21.8. The van der Waals surface area contributed by atoms with E-state index >= 15 is 0 Å². The summed E-state index contributed by atoms with van der Waals surface area (Å²) in [6.07, 6.45) is 1.94. The van der Waals surface area contributed by atoms with E-state index in [2.05, 4.69) is 17.2 Å². The lowest BCUT2D eigenvalue weighted by atomic mass is 10.1. The van der Waals surface area contributed by atoms with Crippen LogP contribution < -0.4 is 4.74 Å². The smallest absolute Gasteiger partial charge is 0.302 e. The van der Waals surface area contributed by atoms with Gasteiger partial charge in [0.05, 0.1) is 5.52 Å². The van der Waals surface area contributed by atoms with Crippen LogP contribution in [0.3, 0.4) is 0 Å². The minimum Gasteiger partial charge on any atom is -0.493 e. The fourth-order valence-electron chi connectivity index (χ4n) is 3.62. The summed E-state index contributed by atoms with van der Waals surface area (Å²) < 4.78 is 7.41. The summed E-state index contributed by atoms with van der Waals surface area (Å²) in [5.41, 5.74) is 2.24. The van der Waals surface area contributed by atoms with Crippen molar-refractivity contribution in [3.05, 3.63) is 66.2 Å².